The van der Waals surface area contributed by atoms with E-state index in [1.54, 1.807) is 16.7 Å². The number of H-pyrrole nitrogens is 1. The first-order valence-corrected chi connectivity index (χ1v) is 10.8. The van der Waals surface area contributed by atoms with Crippen LogP contribution in [0.25, 0.3) is 22.6 Å². The Morgan fingerprint density at radius 2 is 2.00 bits per heavy atom. The Labute approximate surface area is 188 Å². The van der Waals surface area contributed by atoms with Gasteiger partial charge >= 0.3 is 5.69 Å². The highest BCUT2D eigenvalue weighted by atomic mass is 16.5. The van der Waals surface area contributed by atoms with Crippen LogP contribution in [0, 0.1) is 0 Å². The maximum Gasteiger partial charge on any atom is 0.330 e. The van der Waals surface area contributed by atoms with Gasteiger partial charge in [-0.2, -0.15) is 0 Å². The number of aromatic amines is 1. The standard InChI is InChI=1S/C24H24N4O5/c1-32-19-12-16(9-10-18(19)29)21-25-22-20(27(21)14-17-8-5-11-33-17)23(30)26-24(31)28(22)13-15-6-3-2-4-7-15/h2-4,6-7,9-10,12,17,29H,5,8,11,13-14H2,1H3,(H,26,30,31)/t17-/m1/s1. The van der Waals surface area contributed by atoms with Gasteiger partial charge in [0.25, 0.3) is 5.56 Å². The molecule has 9 nitrogen and oxygen atoms in total. The van der Waals surface area contributed by atoms with E-state index in [1.807, 2.05) is 30.3 Å². The first-order chi connectivity index (χ1) is 16.0. The van der Waals surface area contributed by atoms with Crippen molar-refractivity contribution in [3.05, 3.63) is 74.9 Å². The summed E-state index contributed by atoms with van der Waals surface area (Å²) in [5, 5.41) is 10.0. The van der Waals surface area contributed by atoms with E-state index in [-0.39, 0.29) is 18.4 Å². The smallest absolute Gasteiger partial charge is 0.330 e. The number of aromatic hydroxyl groups is 1. The minimum Gasteiger partial charge on any atom is -0.504 e. The number of nitrogens with zero attached hydrogens (tertiary/aromatic N) is 3. The molecule has 0 aliphatic carbocycles. The summed E-state index contributed by atoms with van der Waals surface area (Å²) in [6.45, 7) is 1.36. The van der Waals surface area contributed by atoms with Gasteiger partial charge < -0.3 is 19.1 Å². The van der Waals surface area contributed by atoms with Gasteiger partial charge in [-0.3, -0.25) is 14.3 Å². The Bertz CT molecular complexity index is 1410. The van der Waals surface area contributed by atoms with E-state index < -0.39 is 11.2 Å². The number of phenolic OH excluding ortho intramolecular Hbond substituents is 1. The Hall–Kier alpha value is -3.85. The average Bonchev–Trinajstić information content (AvgIpc) is 3.46. The summed E-state index contributed by atoms with van der Waals surface area (Å²) >= 11 is 0. The number of benzene rings is 2. The van der Waals surface area contributed by atoms with E-state index in [0.717, 1.165) is 18.4 Å². The zero-order valence-electron chi connectivity index (χ0n) is 18.2. The fourth-order valence-electron chi connectivity index (χ4n) is 4.29. The molecule has 2 aromatic carbocycles. The fraction of sp³-hybridized carbons (Fsp3) is 0.292. The molecule has 3 heterocycles. The topological polar surface area (TPSA) is 111 Å². The highest BCUT2D eigenvalue weighted by molar-refractivity contribution is 5.77. The molecule has 1 atom stereocenters. The Morgan fingerprint density at radius 3 is 2.73 bits per heavy atom. The second-order valence-corrected chi connectivity index (χ2v) is 8.07. The number of methoxy groups -OCH3 is 1. The molecule has 0 unspecified atom stereocenters. The molecule has 9 heteroatoms. The predicted octanol–water partition coefficient (Wildman–Crippen LogP) is 2.49. The molecule has 0 amide bonds. The van der Waals surface area contributed by atoms with E-state index in [9.17, 15) is 14.7 Å². The lowest BCUT2D eigenvalue weighted by Gasteiger charge is -2.14. The van der Waals surface area contributed by atoms with Gasteiger partial charge in [0.1, 0.15) is 5.82 Å². The van der Waals surface area contributed by atoms with E-state index in [1.165, 1.54) is 17.7 Å². The number of aromatic nitrogens is 4. The second kappa shape index (κ2) is 8.59. The molecular weight excluding hydrogens is 424 g/mol. The number of hydrogen-bond acceptors (Lipinski definition) is 6. The van der Waals surface area contributed by atoms with Crippen LogP contribution in [0.2, 0.25) is 0 Å². The highest BCUT2D eigenvalue weighted by Gasteiger charge is 2.24. The number of imidazole rings is 1. The van der Waals surface area contributed by atoms with Crippen molar-refractivity contribution in [1.82, 2.24) is 19.1 Å². The van der Waals surface area contributed by atoms with Crippen molar-refractivity contribution in [2.45, 2.75) is 32.0 Å². The van der Waals surface area contributed by atoms with Gasteiger partial charge in [0, 0.05) is 12.2 Å². The van der Waals surface area contributed by atoms with Gasteiger partial charge in [-0.15, -0.1) is 0 Å². The van der Waals surface area contributed by atoms with Crippen LogP contribution < -0.4 is 16.0 Å². The van der Waals surface area contributed by atoms with E-state index >= 15 is 0 Å². The summed E-state index contributed by atoms with van der Waals surface area (Å²) in [6.07, 6.45) is 1.77. The molecular formula is C24H24N4O5. The molecule has 1 saturated heterocycles. The first kappa shape index (κ1) is 21.0. The Kier molecular flexibility index (Phi) is 5.47. The molecule has 33 heavy (non-hydrogen) atoms. The van der Waals surface area contributed by atoms with Crippen molar-refractivity contribution in [1.29, 1.82) is 0 Å². The molecule has 2 N–H and O–H groups in total. The number of fused-ring (bicyclic) bond motifs is 1. The van der Waals surface area contributed by atoms with Crippen LogP contribution in [0.5, 0.6) is 11.5 Å². The third-order valence-corrected chi connectivity index (χ3v) is 5.92. The second-order valence-electron chi connectivity index (χ2n) is 8.07. The summed E-state index contributed by atoms with van der Waals surface area (Å²) in [5.41, 5.74) is 1.15. The molecule has 0 spiro atoms. The van der Waals surface area contributed by atoms with E-state index in [4.69, 9.17) is 14.5 Å². The lowest BCUT2D eigenvalue weighted by molar-refractivity contribution is 0.0982. The van der Waals surface area contributed by atoms with Crippen LogP contribution in [0.4, 0.5) is 0 Å². The van der Waals surface area contributed by atoms with Crippen molar-refractivity contribution in [3.8, 4) is 22.9 Å². The highest BCUT2D eigenvalue weighted by Crippen LogP contribution is 2.32. The normalized spacial score (nSPS) is 15.8. The third kappa shape index (κ3) is 3.91. The van der Waals surface area contributed by atoms with Crippen LogP contribution in [-0.2, 0) is 17.8 Å². The quantitative estimate of drug-likeness (QED) is 0.469. The average molecular weight is 448 g/mol. The monoisotopic (exact) mass is 448 g/mol. The lowest BCUT2D eigenvalue weighted by atomic mass is 10.1. The number of rotatable bonds is 6. The molecule has 1 fully saturated rings. The summed E-state index contributed by atoms with van der Waals surface area (Å²) in [7, 11) is 1.47. The van der Waals surface area contributed by atoms with Gasteiger partial charge in [-0.25, -0.2) is 9.78 Å². The number of phenols is 1. The molecule has 0 saturated carbocycles. The summed E-state index contributed by atoms with van der Waals surface area (Å²) in [4.78, 5) is 33.0. The van der Waals surface area contributed by atoms with E-state index in [2.05, 4.69) is 4.98 Å². The van der Waals surface area contributed by atoms with Gasteiger partial charge in [-0.05, 0) is 36.6 Å². The van der Waals surface area contributed by atoms with Crippen LogP contribution >= 0.6 is 0 Å². The zero-order valence-corrected chi connectivity index (χ0v) is 18.2. The van der Waals surface area contributed by atoms with Crippen molar-refractivity contribution in [2.24, 2.45) is 0 Å². The minimum atomic E-state index is -0.520. The van der Waals surface area contributed by atoms with Gasteiger partial charge in [0.15, 0.2) is 22.7 Å². The van der Waals surface area contributed by atoms with Gasteiger partial charge in [-0.1, -0.05) is 30.3 Å². The molecule has 170 valence electrons. The van der Waals surface area contributed by atoms with Crippen LogP contribution in [-0.4, -0.2) is 44.0 Å². The predicted molar refractivity (Wildman–Crippen MR) is 123 cm³/mol. The summed E-state index contributed by atoms with van der Waals surface area (Å²) < 4.78 is 14.4. The van der Waals surface area contributed by atoms with Crippen molar-refractivity contribution in [3.63, 3.8) is 0 Å². The maximum absolute atomic E-state index is 13.0. The van der Waals surface area contributed by atoms with Crippen LogP contribution in [0.1, 0.15) is 18.4 Å². The molecule has 1 aliphatic rings. The zero-order chi connectivity index (χ0) is 22.9. The lowest BCUT2D eigenvalue weighted by Crippen LogP contribution is -2.32. The molecule has 5 rings (SSSR count). The van der Waals surface area contributed by atoms with Crippen LogP contribution in [0.15, 0.2) is 58.1 Å². The largest absolute Gasteiger partial charge is 0.504 e. The molecule has 0 bridgehead atoms. The summed E-state index contributed by atoms with van der Waals surface area (Å²) in [5.74, 6) is 0.789. The molecule has 4 aromatic rings. The molecule has 0 radical (unpaired) electrons. The molecule has 2 aromatic heterocycles. The van der Waals surface area contributed by atoms with Crippen molar-refractivity contribution < 1.29 is 14.6 Å². The van der Waals surface area contributed by atoms with Crippen molar-refractivity contribution >= 4 is 11.2 Å². The van der Waals surface area contributed by atoms with Crippen molar-refractivity contribution in [2.75, 3.05) is 13.7 Å². The molecule has 1 aliphatic heterocycles. The first-order valence-electron chi connectivity index (χ1n) is 10.8. The summed E-state index contributed by atoms with van der Waals surface area (Å²) in [6, 6.07) is 14.4. The Morgan fingerprint density at radius 1 is 1.18 bits per heavy atom. The third-order valence-electron chi connectivity index (χ3n) is 5.92. The fourth-order valence-corrected chi connectivity index (χ4v) is 4.29. The minimum absolute atomic E-state index is 0.00173. The maximum atomic E-state index is 13.0. The number of nitrogens with one attached hydrogen (secondary N) is 1. The van der Waals surface area contributed by atoms with Gasteiger partial charge in [0.2, 0.25) is 0 Å². The number of ether oxygens (including phenoxy) is 2. The SMILES string of the molecule is COc1cc(-c2nc3c(c(=O)[nH]c(=O)n3Cc3ccccc3)n2C[C@H]2CCCO2)ccc1O. The number of hydrogen-bond donors (Lipinski definition) is 2. The van der Waals surface area contributed by atoms with Crippen LogP contribution in [0.3, 0.4) is 0 Å². The van der Waals surface area contributed by atoms with E-state index in [0.29, 0.717) is 41.5 Å². The Balaban J connectivity index is 1.74. The van der Waals surface area contributed by atoms with Gasteiger partial charge in [0.05, 0.1) is 26.3 Å².